The summed E-state index contributed by atoms with van der Waals surface area (Å²) in [6.07, 6.45) is 9.97. The molecule has 2 aromatic rings. The van der Waals surface area contributed by atoms with Crippen molar-refractivity contribution in [1.29, 1.82) is 0 Å². The highest BCUT2D eigenvalue weighted by molar-refractivity contribution is 6.02. The van der Waals surface area contributed by atoms with Crippen LogP contribution in [0.2, 0.25) is 0 Å². The van der Waals surface area contributed by atoms with E-state index in [4.69, 9.17) is 0 Å². The molecule has 0 amide bonds. The third-order valence-electron chi connectivity index (χ3n) is 3.68. The fourth-order valence-corrected chi connectivity index (χ4v) is 2.86. The van der Waals surface area contributed by atoms with Crippen LogP contribution >= 0.6 is 0 Å². The monoisotopic (exact) mass is 216 g/mol. The van der Waals surface area contributed by atoms with Crippen LogP contribution in [0.25, 0.3) is 16.3 Å². The van der Waals surface area contributed by atoms with Gasteiger partial charge in [-0.2, -0.15) is 0 Å². The molecule has 0 N–H and O–H groups in total. The fourth-order valence-electron chi connectivity index (χ4n) is 2.86. The molecule has 0 saturated heterocycles. The lowest BCUT2D eigenvalue weighted by Crippen LogP contribution is -2.00. The summed E-state index contributed by atoms with van der Waals surface area (Å²) in [6, 6.07) is 13.2. The smallest absolute Gasteiger partial charge is 0.00642 e. The predicted octanol–water partition coefficient (Wildman–Crippen LogP) is 4.28. The zero-order valence-corrected chi connectivity index (χ0v) is 9.48. The molecule has 0 aliphatic heterocycles. The summed E-state index contributed by atoms with van der Waals surface area (Å²) in [5.74, 6) is 0. The van der Waals surface area contributed by atoms with Crippen molar-refractivity contribution in [2.75, 3.05) is 0 Å². The van der Waals surface area contributed by atoms with Gasteiger partial charge < -0.3 is 0 Å². The molecule has 17 heavy (non-hydrogen) atoms. The maximum Gasteiger partial charge on any atom is -0.00642 e. The maximum absolute atomic E-state index is 2.33. The van der Waals surface area contributed by atoms with Crippen LogP contribution in [-0.2, 0) is 6.42 Å². The Balaban J connectivity index is 2.12. The van der Waals surface area contributed by atoms with E-state index < -0.39 is 0 Å². The van der Waals surface area contributed by atoms with E-state index >= 15 is 0 Å². The average molecular weight is 216 g/mol. The third kappa shape index (κ3) is 1.18. The molecule has 2 aromatic carbocycles. The Morgan fingerprint density at radius 3 is 2.88 bits per heavy atom. The van der Waals surface area contributed by atoms with E-state index in [1.165, 1.54) is 33.0 Å². The molecule has 0 saturated carbocycles. The Morgan fingerprint density at radius 1 is 0.941 bits per heavy atom. The Morgan fingerprint density at radius 2 is 1.88 bits per heavy atom. The van der Waals surface area contributed by atoms with Gasteiger partial charge in [-0.05, 0) is 39.5 Å². The van der Waals surface area contributed by atoms with E-state index in [9.17, 15) is 0 Å². The lowest BCUT2D eigenvalue weighted by atomic mass is 9.85. The van der Waals surface area contributed by atoms with Gasteiger partial charge in [-0.25, -0.2) is 0 Å². The summed E-state index contributed by atoms with van der Waals surface area (Å²) in [4.78, 5) is 0. The van der Waals surface area contributed by atoms with Crippen molar-refractivity contribution < 1.29 is 0 Å². The molecule has 0 heterocycles. The van der Waals surface area contributed by atoms with Gasteiger partial charge in [-0.15, -0.1) is 0 Å². The molecule has 0 radical (unpaired) electrons. The van der Waals surface area contributed by atoms with Gasteiger partial charge in [-0.3, -0.25) is 0 Å². The topological polar surface area (TPSA) is 0 Å². The van der Waals surface area contributed by atoms with Crippen LogP contribution in [0.3, 0.4) is 0 Å². The van der Waals surface area contributed by atoms with Crippen LogP contribution in [0, 0.1) is 0 Å². The van der Waals surface area contributed by atoms with Gasteiger partial charge in [0.25, 0.3) is 0 Å². The molecular weight excluding hydrogens is 204 g/mol. The minimum atomic E-state index is 1.05. The first-order valence-corrected chi connectivity index (χ1v) is 6.03. The first-order chi connectivity index (χ1) is 8.43. The summed E-state index contributed by atoms with van der Waals surface area (Å²) < 4.78 is 0. The molecule has 0 nitrogen and oxygen atoms in total. The quantitative estimate of drug-likeness (QED) is 0.616. The highest BCUT2D eigenvalue weighted by Gasteiger charge is 2.19. The van der Waals surface area contributed by atoms with Crippen LogP contribution in [0.1, 0.15) is 11.1 Å². The first kappa shape index (κ1) is 9.00. The van der Waals surface area contributed by atoms with Crippen LogP contribution in [0.4, 0.5) is 0 Å². The van der Waals surface area contributed by atoms with E-state index in [1.807, 2.05) is 0 Å². The number of fused-ring (bicyclic) bond motifs is 5. The second-order valence-corrected chi connectivity index (χ2v) is 4.62. The van der Waals surface area contributed by atoms with Gasteiger partial charge in [0.2, 0.25) is 0 Å². The summed E-state index contributed by atoms with van der Waals surface area (Å²) in [5, 5.41) is 2.71. The summed E-state index contributed by atoms with van der Waals surface area (Å²) in [7, 11) is 0. The standard InChI is InChI=1S/C17H12/c1-2-6-15-12(4-1)8-10-14-11-9-13-5-3-7-16(13)17(14)15/h1-10H,11H2. The van der Waals surface area contributed by atoms with Crippen molar-refractivity contribution in [3.63, 3.8) is 0 Å². The van der Waals surface area contributed by atoms with Gasteiger partial charge in [-0.1, -0.05) is 60.7 Å². The summed E-state index contributed by atoms with van der Waals surface area (Å²) in [6.45, 7) is 0. The Hall–Kier alpha value is -2.08. The molecule has 0 heteroatoms. The molecule has 0 unspecified atom stereocenters. The van der Waals surface area contributed by atoms with E-state index in [1.54, 1.807) is 0 Å². The molecule has 0 aromatic heterocycles. The predicted molar refractivity (Wildman–Crippen MR) is 72.9 cm³/mol. The number of allylic oxidation sites excluding steroid dienone is 6. The minimum Gasteiger partial charge on any atom is -0.0722 e. The highest BCUT2D eigenvalue weighted by Crippen LogP contribution is 2.39. The van der Waals surface area contributed by atoms with Crippen LogP contribution in [0.5, 0.6) is 0 Å². The first-order valence-electron chi connectivity index (χ1n) is 6.03. The molecule has 4 rings (SSSR count). The highest BCUT2D eigenvalue weighted by atomic mass is 14.2. The van der Waals surface area contributed by atoms with Crippen molar-refractivity contribution in [2.24, 2.45) is 0 Å². The lowest BCUT2D eigenvalue weighted by Gasteiger charge is -2.19. The SMILES string of the molecule is C1=CC2=CCc3ccc4ccccc4c3C2=C1. The van der Waals surface area contributed by atoms with Crippen LogP contribution < -0.4 is 0 Å². The molecule has 2 aliphatic rings. The summed E-state index contributed by atoms with van der Waals surface area (Å²) in [5.41, 5.74) is 5.66. The largest absolute Gasteiger partial charge is 0.0722 e. The minimum absolute atomic E-state index is 1.05. The molecule has 0 bridgehead atoms. The Bertz CT molecular complexity index is 712. The van der Waals surface area contributed by atoms with Gasteiger partial charge in [0.1, 0.15) is 0 Å². The molecule has 0 spiro atoms. The second kappa shape index (κ2) is 3.21. The normalized spacial score (nSPS) is 16.5. The van der Waals surface area contributed by atoms with Gasteiger partial charge >= 0.3 is 0 Å². The van der Waals surface area contributed by atoms with E-state index in [0.717, 1.165) is 6.42 Å². The van der Waals surface area contributed by atoms with Crippen LogP contribution in [0.15, 0.2) is 66.3 Å². The average Bonchev–Trinajstić information content (AvgIpc) is 2.86. The number of hydrogen-bond acceptors (Lipinski definition) is 0. The zero-order chi connectivity index (χ0) is 11.2. The van der Waals surface area contributed by atoms with Gasteiger partial charge in [0.15, 0.2) is 0 Å². The third-order valence-corrected chi connectivity index (χ3v) is 3.68. The Labute approximate surface area is 101 Å². The van der Waals surface area contributed by atoms with Crippen molar-refractivity contribution in [2.45, 2.75) is 6.42 Å². The van der Waals surface area contributed by atoms with E-state index in [2.05, 4.69) is 60.7 Å². The number of rotatable bonds is 0. The van der Waals surface area contributed by atoms with Gasteiger partial charge in [0.05, 0.1) is 0 Å². The summed E-state index contributed by atoms with van der Waals surface area (Å²) >= 11 is 0. The Kier molecular flexibility index (Phi) is 1.70. The van der Waals surface area contributed by atoms with Crippen molar-refractivity contribution in [1.82, 2.24) is 0 Å². The van der Waals surface area contributed by atoms with Crippen molar-refractivity contribution in [3.8, 4) is 0 Å². The van der Waals surface area contributed by atoms with Crippen molar-refractivity contribution >= 4 is 16.3 Å². The van der Waals surface area contributed by atoms with E-state index in [-0.39, 0.29) is 0 Å². The zero-order valence-electron chi connectivity index (χ0n) is 9.48. The molecule has 2 aliphatic carbocycles. The molecule has 0 atom stereocenters. The van der Waals surface area contributed by atoms with Gasteiger partial charge in [0, 0.05) is 0 Å². The molecule has 0 fully saturated rings. The number of hydrogen-bond donors (Lipinski definition) is 0. The maximum atomic E-state index is 2.33. The molecular formula is C17H12. The second-order valence-electron chi connectivity index (χ2n) is 4.62. The number of benzene rings is 2. The van der Waals surface area contributed by atoms with Crippen LogP contribution in [-0.4, -0.2) is 0 Å². The van der Waals surface area contributed by atoms with Crippen molar-refractivity contribution in [3.05, 3.63) is 77.4 Å². The fraction of sp³-hybridized carbons (Fsp3) is 0.0588. The van der Waals surface area contributed by atoms with E-state index in [0.29, 0.717) is 0 Å². The molecule has 80 valence electrons. The lowest BCUT2D eigenvalue weighted by molar-refractivity contribution is 1.23.